The molecular formula is C17H18N2O2. The summed E-state index contributed by atoms with van der Waals surface area (Å²) in [4.78, 5) is 0. The average molecular weight is 282 g/mol. The van der Waals surface area contributed by atoms with Crippen molar-refractivity contribution in [1.29, 1.82) is 5.26 Å². The molecule has 4 nitrogen and oxygen atoms in total. The highest BCUT2D eigenvalue weighted by Crippen LogP contribution is 2.23. The van der Waals surface area contributed by atoms with Crippen LogP contribution in [0.5, 0.6) is 11.5 Å². The van der Waals surface area contributed by atoms with E-state index in [1.807, 2.05) is 25.1 Å². The van der Waals surface area contributed by atoms with Gasteiger partial charge in [0, 0.05) is 18.2 Å². The Hall–Kier alpha value is -2.51. The van der Waals surface area contributed by atoms with Crippen LogP contribution in [0.25, 0.3) is 0 Å². The predicted octanol–water partition coefficient (Wildman–Crippen LogP) is 3.12. The van der Waals surface area contributed by atoms with Gasteiger partial charge in [-0.3, -0.25) is 0 Å². The van der Waals surface area contributed by atoms with Gasteiger partial charge in [0.1, 0.15) is 11.5 Å². The first-order valence-electron chi connectivity index (χ1n) is 6.73. The van der Waals surface area contributed by atoms with Crippen LogP contribution >= 0.6 is 0 Å². The maximum absolute atomic E-state index is 9.85. The molecule has 0 fully saturated rings. The van der Waals surface area contributed by atoms with Crippen LogP contribution in [0.1, 0.15) is 29.7 Å². The molecule has 0 saturated heterocycles. The largest absolute Gasteiger partial charge is 0.508 e. The zero-order chi connectivity index (χ0) is 15.2. The summed E-state index contributed by atoms with van der Waals surface area (Å²) in [5.74, 6) is 0.964. The topological polar surface area (TPSA) is 65.3 Å². The Kier molecular flexibility index (Phi) is 4.81. The van der Waals surface area contributed by atoms with Gasteiger partial charge in [-0.1, -0.05) is 12.1 Å². The van der Waals surface area contributed by atoms with Gasteiger partial charge < -0.3 is 15.2 Å². The van der Waals surface area contributed by atoms with E-state index in [4.69, 9.17) is 10.00 Å². The number of methoxy groups -OCH3 is 1. The Bertz CT molecular complexity index is 645. The Morgan fingerprint density at radius 2 is 1.95 bits per heavy atom. The number of hydrogen-bond acceptors (Lipinski definition) is 4. The molecule has 2 aromatic rings. The van der Waals surface area contributed by atoms with Crippen LogP contribution < -0.4 is 10.1 Å². The standard InChI is InChI=1S/C17H18N2O2/c1-12(14-5-3-13(10-18)4-6-14)19-11-15-9-16(21-2)7-8-17(15)20/h3-9,12,19-20H,11H2,1-2H3. The molecule has 21 heavy (non-hydrogen) atoms. The number of hydrogen-bond donors (Lipinski definition) is 2. The van der Waals surface area contributed by atoms with Crippen LogP contribution in [-0.4, -0.2) is 12.2 Å². The van der Waals surface area contributed by atoms with E-state index in [1.165, 1.54) is 0 Å². The second-order valence-corrected chi connectivity index (χ2v) is 4.83. The summed E-state index contributed by atoms with van der Waals surface area (Å²) in [7, 11) is 1.60. The quantitative estimate of drug-likeness (QED) is 0.884. The van der Waals surface area contributed by atoms with E-state index in [2.05, 4.69) is 11.4 Å². The molecule has 0 heterocycles. The van der Waals surface area contributed by atoms with E-state index < -0.39 is 0 Å². The number of phenols is 1. The SMILES string of the molecule is COc1ccc(O)c(CNC(C)c2ccc(C#N)cc2)c1. The normalized spacial score (nSPS) is 11.7. The second-order valence-electron chi connectivity index (χ2n) is 4.83. The lowest BCUT2D eigenvalue weighted by atomic mass is 10.1. The highest BCUT2D eigenvalue weighted by molar-refractivity contribution is 5.39. The predicted molar refractivity (Wildman–Crippen MR) is 81.1 cm³/mol. The van der Waals surface area contributed by atoms with Gasteiger partial charge in [-0.25, -0.2) is 0 Å². The molecule has 0 aliphatic rings. The van der Waals surface area contributed by atoms with Crippen molar-refractivity contribution in [3.05, 3.63) is 59.2 Å². The van der Waals surface area contributed by atoms with Crippen molar-refractivity contribution in [2.75, 3.05) is 7.11 Å². The lowest BCUT2D eigenvalue weighted by Gasteiger charge is -2.15. The van der Waals surface area contributed by atoms with E-state index in [1.54, 1.807) is 31.4 Å². The monoisotopic (exact) mass is 282 g/mol. The molecule has 1 unspecified atom stereocenters. The van der Waals surface area contributed by atoms with Gasteiger partial charge in [0.15, 0.2) is 0 Å². The minimum Gasteiger partial charge on any atom is -0.508 e. The fourth-order valence-electron chi connectivity index (χ4n) is 2.06. The Labute approximate surface area is 124 Å². The third-order valence-electron chi connectivity index (χ3n) is 3.43. The van der Waals surface area contributed by atoms with Crippen molar-refractivity contribution >= 4 is 0 Å². The molecule has 108 valence electrons. The Balaban J connectivity index is 2.03. The molecule has 2 aromatic carbocycles. The van der Waals surface area contributed by atoms with Crippen molar-refractivity contribution in [1.82, 2.24) is 5.32 Å². The van der Waals surface area contributed by atoms with Crippen molar-refractivity contribution in [2.24, 2.45) is 0 Å². The summed E-state index contributed by atoms with van der Waals surface area (Å²) in [6, 6.07) is 14.9. The molecule has 0 aromatic heterocycles. The van der Waals surface area contributed by atoms with Crippen molar-refractivity contribution < 1.29 is 9.84 Å². The number of ether oxygens (including phenoxy) is 1. The van der Waals surface area contributed by atoms with E-state index in [0.29, 0.717) is 12.1 Å². The molecule has 0 spiro atoms. The van der Waals surface area contributed by atoms with Crippen LogP contribution in [0.3, 0.4) is 0 Å². The van der Waals surface area contributed by atoms with Crippen LogP contribution in [0.15, 0.2) is 42.5 Å². The lowest BCUT2D eigenvalue weighted by Crippen LogP contribution is -2.18. The fourth-order valence-corrected chi connectivity index (χ4v) is 2.06. The minimum atomic E-state index is 0.114. The lowest BCUT2D eigenvalue weighted by molar-refractivity contribution is 0.409. The van der Waals surface area contributed by atoms with Crippen LogP contribution in [-0.2, 0) is 6.54 Å². The van der Waals surface area contributed by atoms with E-state index in [0.717, 1.165) is 16.9 Å². The molecule has 0 aliphatic heterocycles. The summed E-state index contributed by atoms with van der Waals surface area (Å²) in [5, 5.41) is 22.0. The highest BCUT2D eigenvalue weighted by atomic mass is 16.5. The molecule has 0 saturated carbocycles. The Morgan fingerprint density at radius 1 is 1.24 bits per heavy atom. The summed E-state index contributed by atoms with van der Waals surface area (Å²) >= 11 is 0. The van der Waals surface area contributed by atoms with Gasteiger partial charge in [0.25, 0.3) is 0 Å². The molecule has 0 amide bonds. The minimum absolute atomic E-state index is 0.114. The Morgan fingerprint density at radius 3 is 2.57 bits per heavy atom. The average Bonchev–Trinajstić information content (AvgIpc) is 2.54. The first kappa shape index (κ1) is 14.9. The second kappa shape index (κ2) is 6.78. The number of nitrogens with one attached hydrogen (secondary N) is 1. The number of benzene rings is 2. The molecule has 1 atom stereocenters. The third-order valence-corrected chi connectivity index (χ3v) is 3.43. The number of aromatic hydroxyl groups is 1. The number of nitriles is 1. The summed E-state index contributed by atoms with van der Waals surface area (Å²) in [6.45, 7) is 2.57. The number of rotatable bonds is 5. The van der Waals surface area contributed by atoms with Gasteiger partial charge in [-0.2, -0.15) is 5.26 Å². The molecule has 2 rings (SSSR count). The van der Waals surface area contributed by atoms with E-state index in [9.17, 15) is 5.11 Å². The summed E-state index contributed by atoms with van der Waals surface area (Å²) in [6.07, 6.45) is 0. The first-order chi connectivity index (χ1) is 10.1. The molecule has 0 radical (unpaired) electrons. The van der Waals surface area contributed by atoms with Crippen LogP contribution in [0, 0.1) is 11.3 Å². The van der Waals surface area contributed by atoms with Gasteiger partial charge in [-0.15, -0.1) is 0 Å². The smallest absolute Gasteiger partial charge is 0.120 e. The van der Waals surface area contributed by atoms with Crippen LogP contribution in [0.4, 0.5) is 0 Å². The number of nitrogens with zero attached hydrogens (tertiary/aromatic N) is 1. The van der Waals surface area contributed by atoms with Crippen molar-refractivity contribution in [2.45, 2.75) is 19.5 Å². The first-order valence-corrected chi connectivity index (χ1v) is 6.73. The van der Waals surface area contributed by atoms with E-state index in [-0.39, 0.29) is 11.8 Å². The van der Waals surface area contributed by atoms with Crippen molar-refractivity contribution in [3.63, 3.8) is 0 Å². The zero-order valence-corrected chi connectivity index (χ0v) is 12.1. The molecule has 2 N–H and O–H groups in total. The molecule has 4 heteroatoms. The van der Waals surface area contributed by atoms with Gasteiger partial charge >= 0.3 is 0 Å². The molecule has 0 aliphatic carbocycles. The van der Waals surface area contributed by atoms with Crippen LogP contribution in [0.2, 0.25) is 0 Å². The fraction of sp³-hybridized carbons (Fsp3) is 0.235. The van der Waals surface area contributed by atoms with E-state index >= 15 is 0 Å². The van der Waals surface area contributed by atoms with Gasteiger partial charge in [0.2, 0.25) is 0 Å². The maximum atomic E-state index is 9.85. The summed E-state index contributed by atoms with van der Waals surface area (Å²) < 4.78 is 5.16. The van der Waals surface area contributed by atoms with Gasteiger partial charge in [0.05, 0.1) is 18.7 Å². The maximum Gasteiger partial charge on any atom is 0.120 e. The number of phenolic OH excluding ortho intramolecular Hbond substituents is 1. The highest BCUT2D eigenvalue weighted by Gasteiger charge is 2.08. The van der Waals surface area contributed by atoms with Crippen molar-refractivity contribution in [3.8, 4) is 17.6 Å². The third kappa shape index (κ3) is 3.74. The molecule has 0 bridgehead atoms. The molecular weight excluding hydrogens is 264 g/mol. The zero-order valence-electron chi connectivity index (χ0n) is 12.1. The van der Waals surface area contributed by atoms with Gasteiger partial charge in [-0.05, 0) is 42.8 Å². The summed E-state index contributed by atoms with van der Waals surface area (Å²) in [5.41, 5.74) is 2.53.